The van der Waals surface area contributed by atoms with Crippen LogP contribution in [0.25, 0.3) is 0 Å². The van der Waals surface area contributed by atoms with Crippen LogP contribution >= 0.6 is 0 Å². The van der Waals surface area contributed by atoms with Crippen LogP contribution in [0.15, 0.2) is 11.7 Å². The van der Waals surface area contributed by atoms with Crippen molar-refractivity contribution in [1.29, 1.82) is 5.26 Å². The first-order chi connectivity index (χ1) is 3.72. The summed E-state index contributed by atoms with van der Waals surface area (Å²) in [4.78, 5) is 0. The molecule has 44 valence electrons. The van der Waals surface area contributed by atoms with Gasteiger partial charge in [0.1, 0.15) is 12.7 Å². The predicted molar refractivity (Wildman–Crippen MR) is 20.8 cm³/mol. The number of rotatable bonds is 1. The van der Waals surface area contributed by atoms with Crippen LogP contribution in [0.5, 0.6) is 0 Å². The number of allylic oxidation sites excluding steroid dienone is 2. The zero-order chi connectivity index (χ0) is 6.57. The van der Waals surface area contributed by atoms with Crippen molar-refractivity contribution in [2.24, 2.45) is 0 Å². The molecule has 0 radical (unpaired) electrons. The molecule has 0 heterocycles. The van der Waals surface area contributed by atoms with E-state index in [1.54, 1.807) is 0 Å². The summed E-state index contributed by atoms with van der Waals surface area (Å²) < 4.78 is 33.9. The Labute approximate surface area is 44.0 Å². The Hall–Kier alpha value is -0.980. The van der Waals surface area contributed by atoms with E-state index in [1.165, 1.54) is 0 Å². The summed E-state index contributed by atoms with van der Waals surface area (Å²) in [6, 6.07) is 0.814. The fourth-order valence-electron chi connectivity index (χ4n) is 0.119. The summed E-state index contributed by atoms with van der Waals surface area (Å²) in [5.74, 6) is -3.33. The van der Waals surface area contributed by atoms with Gasteiger partial charge in [0.05, 0.1) is 0 Å². The summed E-state index contributed by atoms with van der Waals surface area (Å²) >= 11 is 0. The van der Waals surface area contributed by atoms with Gasteiger partial charge in [0, 0.05) is 0 Å². The van der Waals surface area contributed by atoms with Gasteiger partial charge >= 0.3 is 0 Å². The number of hydrogen-bond donors (Lipinski definition) is 0. The van der Waals surface area contributed by atoms with E-state index in [2.05, 4.69) is 0 Å². The van der Waals surface area contributed by atoms with Crippen molar-refractivity contribution in [3.05, 3.63) is 11.7 Å². The lowest BCUT2D eigenvalue weighted by Gasteiger charge is -1.80. The van der Waals surface area contributed by atoms with Crippen molar-refractivity contribution < 1.29 is 13.2 Å². The molecule has 0 saturated carbocycles. The highest BCUT2D eigenvalue weighted by molar-refractivity contribution is 5.16. The minimum Gasteiger partial charge on any atom is -0.243 e. The average molecular weight is 121 g/mol. The standard InChI is InChI=1S/C4H2F3N/c5-1-3(6)4(7)2-8/h1H2. The lowest BCUT2D eigenvalue weighted by Crippen LogP contribution is -1.78. The molecule has 0 rings (SSSR count). The van der Waals surface area contributed by atoms with E-state index in [4.69, 9.17) is 5.26 Å². The van der Waals surface area contributed by atoms with Gasteiger partial charge in [0.15, 0.2) is 5.83 Å². The van der Waals surface area contributed by atoms with E-state index in [1.807, 2.05) is 0 Å². The minimum atomic E-state index is -1.69. The van der Waals surface area contributed by atoms with Crippen LogP contribution in [0.2, 0.25) is 0 Å². The Morgan fingerprint density at radius 3 is 2.12 bits per heavy atom. The van der Waals surface area contributed by atoms with Gasteiger partial charge in [-0.25, -0.2) is 8.78 Å². The predicted octanol–water partition coefficient (Wildman–Crippen LogP) is 1.63. The molecule has 0 aromatic carbocycles. The van der Waals surface area contributed by atoms with E-state index in [9.17, 15) is 13.2 Å². The average Bonchev–Trinajstić information content (AvgIpc) is 1.84. The van der Waals surface area contributed by atoms with Gasteiger partial charge in [-0.1, -0.05) is 0 Å². The number of halogens is 3. The second kappa shape index (κ2) is 3.08. The van der Waals surface area contributed by atoms with E-state index in [0.717, 1.165) is 6.07 Å². The van der Waals surface area contributed by atoms with Crippen LogP contribution in [-0.2, 0) is 0 Å². The Balaban J connectivity index is 4.10. The van der Waals surface area contributed by atoms with E-state index >= 15 is 0 Å². The maximum atomic E-state index is 11.4. The van der Waals surface area contributed by atoms with Crippen molar-refractivity contribution in [1.82, 2.24) is 0 Å². The largest absolute Gasteiger partial charge is 0.243 e. The highest BCUT2D eigenvalue weighted by atomic mass is 19.2. The second-order valence-electron chi connectivity index (χ2n) is 0.964. The number of nitrogens with zero attached hydrogens (tertiary/aromatic N) is 1. The summed E-state index contributed by atoms with van der Waals surface area (Å²) in [6.07, 6.45) is 0. The van der Waals surface area contributed by atoms with Crippen LogP contribution in [-0.4, -0.2) is 6.67 Å². The number of nitriles is 1. The molecule has 0 aromatic rings. The molecule has 0 aliphatic rings. The van der Waals surface area contributed by atoms with Gasteiger partial charge in [-0.15, -0.1) is 0 Å². The first-order valence-electron chi connectivity index (χ1n) is 1.72. The smallest absolute Gasteiger partial charge is 0.234 e. The molecule has 4 heteroatoms. The van der Waals surface area contributed by atoms with Crippen molar-refractivity contribution in [2.75, 3.05) is 6.67 Å². The highest BCUT2D eigenvalue weighted by Gasteiger charge is 2.01. The second-order valence-corrected chi connectivity index (χ2v) is 0.964. The molecule has 0 unspecified atom stereocenters. The molecule has 0 amide bonds. The Kier molecular flexibility index (Phi) is 2.70. The van der Waals surface area contributed by atoms with Crippen LogP contribution in [0, 0.1) is 11.3 Å². The third-order valence-electron chi connectivity index (χ3n) is 0.454. The minimum absolute atomic E-state index is 0.814. The Morgan fingerprint density at radius 1 is 1.50 bits per heavy atom. The molecule has 8 heavy (non-hydrogen) atoms. The first kappa shape index (κ1) is 7.02. The lowest BCUT2D eigenvalue weighted by atomic mass is 10.5. The van der Waals surface area contributed by atoms with Gasteiger partial charge in [-0.2, -0.15) is 9.65 Å². The number of hydrogen-bond acceptors (Lipinski definition) is 1. The van der Waals surface area contributed by atoms with Crippen molar-refractivity contribution in [3.63, 3.8) is 0 Å². The van der Waals surface area contributed by atoms with E-state index in [0.29, 0.717) is 0 Å². The Bertz CT molecular complexity index is 144. The molecular weight excluding hydrogens is 119 g/mol. The van der Waals surface area contributed by atoms with Crippen LogP contribution in [0.1, 0.15) is 0 Å². The summed E-state index contributed by atoms with van der Waals surface area (Å²) in [5, 5.41) is 7.55. The SMILES string of the molecule is N#CC(F)=C(F)CF. The topological polar surface area (TPSA) is 23.8 Å². The first-order valence-corrected chi connectivity index (χ1v) is 1.72. The van der Waals surface area contributed by atoms with Crippen LogP contribution in [0.3, 0.4) is 0 Å². The summed E-state index contributed by atoms with van der Waals surface area (Å²) in [6.45, 7) is -1.56. The van der Waals surface area contributed by atoms with E-state index in [-0.39, 0.29) is 0 Å². The summed E-state index contributed by atoms with van der Waals surface area (Å²) in [5.41, 5.74) is 0. The molecule has 0 saturated heterocycles. The third kappa shape index (κ3) is 1.65. The maximum Gasteiger partial charge on any atom is 0.234 e. The molecule has 0 aliphatic carbocycles. The fraction of sp³-hybridized carbons (Fsp3) is 0.250. The quantitative estimate of drug-likeness (QED) is 0.483. The van der Waals surface area contributed by atoms with Gasteiger partial charge in [0.25, 0.3) is 0 Å². The normalized spacial score (nSPS) is 12.2. The van der Waals surface area contributed by atoms with Crippen LogP contribution < -0.4 is 0 Å². The molecule has 0 aromatic heterocycles. The Morgan fingerprint density at radius 2 is 2.00 bits per heavy atom. The highest BCUT2D eigenvalue weighted by Crippen LogP contribution is 2.05. The molecular formula is C4H2F3N. The molecule has 0 bridgehead atoms. The lowest BCUT2D eigenvalue weighted by molar-refractivity contribution is 0.435. The van der Waals surface area contributed by atoms with Crippen molar-refractivity contribution in [3.8, 4) is 6.07 Å². The number of alkyl halides is 1. The molecule has 0 aliphatic heterocycles. The zero-order valence-electron chi connectivity index (χ0n) is 3.79. The maximum absolute atomic E-state index is 11.4. The van der Waals surface area contributed by atoms with Crippen molar-refractivity contribution in [2.45, 2.75) is 0 Å². The van der Waals surface area contributed by atoms with Gasteiger partial charge in [-0.3, -0.25) is 0 Å². The zero-order valence-corrected chi connectivity index (χ0v) is 3.79. The fourth-order valence-corrected chi connectivity index (χ4v) is 0.119. The van der Waals surface area contributed by atoms with Gasteiger partial charge in [-0.05, 0) is 0 Å². The van der Waals surface area contributed by atoms with Gasteiger partial charge < -0.3 is 0 Å². The summed E-state index contributed by atoms with van der Waals surface area (Å²) in [7, 11) is 0. The van der Waals surface area contributed by atoms with E-state index < -0.39 is 18.3 Å². The molecule has 0 N–H and O–H groups in total. The third-order valence-corrected chi connectivity index (χ3v) is 0.454. The molecule has 1 nitrogen and oxygen atoms in total. The molecule has 0 fully saturated rings. The van der Waals surface area contributed by atoms with Crippen molar-refractivity contribution >= 4 is 0 Å². The van der Waals surface area contributed by atoms with Gasteiger partial charge in [0.2, 0.25) is 5.83 Å². The monoisotopic (exact) mass is 121 g/mol. The molecule has 0 atom stereocenters. The van der Waals surface area contributed by atoms with Crippen LogP contribution in [0.4, 0.5) is 13.2 Å². The molecule has 0 spiro atoms.